The van der Waals surface area contributed by atoms with Gasteiger partial charge in [0.1, 0.15) is 0 Å². The van der Waals surface area contributed by atoms with E-state index in [4.69, 9.17) is 0 Å². The molecule has 1 unspecified atom stereocenters. The Bertz CT molecular complexity index is 432. The topological polar surface area (TPSA) is 15.3 Å². The number of hydrogen-bond acceptors (Lipinski definition) is 2. The Morgan fingerprint density at radius 3 is 2.72 bits per heavy atom. The maximum atomic E-state index is 13.2. The fourth-order valence-electron chi connectivity index (χ4n) is 2.54. The van der Waals surface area contributed by atoms with E-state index in [2.05, 4.69) is 10.2 Å². The molecule has 3 rings (SSSR count). The second-order valence-corrected chi connectivity index (χ2v) is 5.38. The maximum absolute atomic E-state index is 13.2. The molecule has 0 spiro atoms. The van der Waals surface area contributed by atoms with E-state index in [1.165, 1.54) is 25.0 Å². The van der Waals surface area contributed by atoms with Crippen LogP contribution >= 0.6 is 0 Å². The predicted octanol–water partition coefficient (Wildman–Crippen LogP) is 2.54. The highest BCUT2D eigenvalue weighted by Gasteiger charge is 2.26. The average Bonchev–Trinajstić information content (AvgIpc) is 3.08. The molecule has 1 saturated heterocycles. The van der Waals surface area contributed by atoms with E-state index in [0.717, 1.165) is 37.8 Å². The van der Waals surface area contributed by atoms with E-state index < -0.39 is 11.6 Å². The van der Waals surface area contributed by atoms with Crippen molar-refractivity contribution in [2.24, 2.45) is 5.92 Å². The van der Waals surface area contributed by atoms with Crippen molar-refractivity contribution < 1.29 is 8.78 Å². The van der Waals surface area contributed by atoms with Crippen LogP contribution in [0.4, 0.5) is 14.5 Å². The van der Waals surface area contributed by atoms with Crippen LogP contribution in [-0.2, 0) is 0 Å². The molecular weight excluding hydrogens is 234 g/mol. The van der Waals surface area contributed by atoms with Gasteiger partial charge in [-0.2, -0.15) is 0 Å². The van der Waals surface area contributed by atoms with Crippen molar-refractivity contribution >= 4 is 5.69 Å². The van der Waals surface area contributed by atoms with Gasteiger partial charge in [0.25, 0.3) is 0 Å². The molecule has 0 aromatic heterocycles. The van der Waals surface area contributed by atoms with Gasteiger partial charge in [0.2, 0.25) is 0 Å². The first-order valence-corrected chi connectivity index (χ1v) is 6.66. The standard InChI is InChI=1S/C14H18F2N2/c15-13-4-3-12(7-14(13)16)18-6-5-10(9-18)8-17-11-1-2-11/h3-4,7,10-11,17H,1-2,5-6,8-9H2. The Balaban J connectivity index is 1.58. The molecule has 1 N–H and O–H groups in total. The number of hydrogen-bond donors (Lipinski definition) is 1. The minimum atomic E-state index is -0.773. The zero-order chi connectivity index (χ0) is 12.5. The fourth-order valence-corrected chi connectivity index (χ4v) is 2.54. The van der Waals surface area contributed by atoms with Crippen molar-refractivity contribution in [3.8, 4) is 0 Å². The summed E-state index contributed by atoms with van der Waals surface area (Å²) >= 11 is 0. The molecule has 1 aromatic carbocycles. The largest absolute Gasteiger partial charge is 0.371 e. The molecule has 0 bridgehead atoms. The molecule has 0 radical (unpaired) electrons. The van der Waals surface area contributed by atoms with Crippen LogP contribution in [0.2, 0.25) is 0 Å². The van der Waals surface area contributed by atoms with Crippen molar-refractivity contribution in [2.75, 3.05) is 24.5 Å². The van der Waals surface area contributed by atoms with Crippen LogP contribution in [-0.4, -0.2) is 25.7 Å². The smallest absolute Gasteiger partial charge is 0.160 e. The van der Waals surface area contributed by atoms with E-state index in [1.54, 1.807) is 6.07 Å². The zero-order valence-electron chi connectivity index (χ0n) is 10.3. The summed E-state index contributed by atoms with van der Waals surface area (Å²) in [5.41, 5.74) is 0.794. The summed E-state index contributed by atoms with van der Waals surface area (Å²) in [6, 6.07) is 4.91. The molecule has 2 fully saturated rings. The molecule has 98 valence electrons. The van der Waals surface area contributed by atoms with Gasteiger partial charge in [0.15, 0.2) is 11.6 Å². The SMILES string of the molecule is Fc1ccc(N2CCC(CNC3CC3)C2)cc1F. The van der Waals surface area contributed by atoms with Crippen LogP contribution in [0.3, 0.4) is 0 Å². The van der Waals surface area contributed by atoms with Gasteiger partial charge >= 0.3 is 0 Å². The average molecular weight is 252 g/mol. The summed E-state index contributed by atoms with van der Waals surface area (Å²) in [7, 11) is 0. The minimum Gasteiger partial charge on any atom is -0.371 e. The quantitative estimate of drug-likeness (QED) is 0.886. The van der Waals surface area contributed by atoms with Crippen LogP contribution in [0, 0.1) is 17.6 Å². The Morgan fingerprint density at radius 1 is 1.17 bits per heavy atom. The van der Waals surface area contributed by atoms with E-state index in [-0.39, 0.29) is 0 Å². The van der Waals surface area contributed by atoms with Gasteiger partial charge in [-0.3, -0.25) is 0 Å². The Morgan fingerprint density at radius 2 is 2.00 bits per heavy atom. The summed E-state index contributed by atoms with van der Waals surface area (Å²) in [6.45, 7) is 2.91. The first-order valence-electron chi connectivity index (χ1n) is 6.66. The summed E-state index contributed by atoms with van der Waals surface area (Å²) in [5.74, 6) is -0.907. The molecule has 1 heterocycles. The zero-order valence-corrected chi connectivity index (χ0v) is 10.3. The van der Waals surface area contributed by atoms with Gasteiger partial charge in [0.05, 0.1) is 0 Å². The second-order valence-electron chi connectivity index (χ2n) is 5.38. The lowest BCUT2D eigenvalue weighted by molar-refractivity contribution is 0.507. The Kier molecular flexibility index (Phi) is 3.20. The van der Waals surface area contributed by atoms with Crippen molar-refractivity contribution in [1.29, 1.82) is 0 Å². The van der Waals surface area contributed by atoms with Gasteiger partial charge in [-0.25, -0.2) is 8.78 Å². The van der Waals surface area contributed by atoms with Gasteiger partial charge in [-0.15, -0.1) is 0 Å². The lowest BCUT2D eigenvalue weighted by Gasteiger charge is -2.19. The molecule has 2 nitrogen and oxygen atoms in total. The van der Waals surface area contributed by atoms with E-state index >= 15 is 0 Å². The summed E-state index contributed by atoms with van der Waals surface area (Å²) in [6.07, 6.45) is 3.73. The molecule has 18 heavy (non-hydrogen) atoms. The van der Waals surface area contributed by atoms with Gasteiger partial charge in [0, 0.05) is 30.9 Å². The molecule has 1 aliphatic carbocycles. The lowest BCUT2D eigenvalue weighted by atomic mass is 10.1. The normalized spacial score (nSPS) is 23.7. The first kappa shape index (κ1) is 11.9. The molecule has 1 saturated carbocycles. The number of anilines is 1. The van der Waals surface area contributed by atoms with Crippen LogP contribution < -0.4 is 10.2 Å². The molecule has 4 heteroatoms. The molecule has 1 atom stereocenters. The molecule has 2 aliphatic rings. The highest BCUT2D eigenvalue weighted by Crippen LogP contribution is 2.26. The van der Waals surface area contributed by atoms with Gasteiger partial charge in [-0.05, 0) is 43.9 Å². The van der Waals surface area contributed by atoms with Crippen molar-refractivity contribution in [3.05, 3.63) is 29.8 Å². The monoisotopic (exact) mass is 252 g/mol. The number of benzene rings is 1. The van der Waals surface area contributed by atoms with E-state index in [0.29, 0.717) is 5.92 Å². The highest BCUT2D eigenvalue weighted by molar-refractivity contribution is 5.47. The van der Waals surface area contributed by atoms with E-state index in [1.807, 2.05) is 0 Å². The van der Waals surface area contributed by atoms with Gasteiger partial charge < -0.3 is 10.2 Å². The van der Waals surface area contributed by atoms with Crippen molar-refractivity contribution in [3.63, 3.8) is 0 Å². The maximum Gasteiger partial charge on any atom is 0.160 e. The predicted molar refractivity (Wildman–Crippen MR) is 67.7 cm³/mol. The Labute approximate surface area is 106 Å². The molecule has 1 aromatic rings. The molecule has 1 aliphatic heterocycles. The van der Waals surface area contributed by atoms with Crippen molar-refractivity contribution in [1.82, 2.24) is 5.32 Å². The van der Waals surface area contributed by atoms with Crippen LogP contribution in [0.25, 0.3) is 0 Å². The Hall–Kier alpha value is -1.16. The van der Waals surface area contributed by atoms with E-state index in [9.17, 15) is 8.78 Å². The van der Waals surface area contributed by atoms with Crippen LogP contribution in [0.15, 0.2) is 18.2 Å². The molecular formula is C14H18F2N2. The van der Waals surface area contributed by atoms with Crippen LogP contribution in [0.5, 0.6) is 0 Å². The van der Waals surface area contributed by atoms with Crippen molar-refractivity contribution in [2.45, 2.75) is 25.3 Å². The highest BCUT2D eigenvalue weighted by atomic mass is 19.2. The third-order valence-corrected chi connectivity index (χ3v) is 3.83. The number of nitrogens with one attached hydrogen (secondary N) is 1. The van der Waals surface area contributed by atoms with Gasteiger partial charge in [-0.1, -0.05) is 0 Å². The fraction of sp³-hybridized carbons (Fsp3) is 0.571. The summed E-state index contributed by atoms with van der Waals surface area (Å²) in [4.78, 5) is 2.14. The number of halogens is 2. The first-order chi connectivity index (χ1) is 8.72. The number of rotatable bonds is 4. The molecule has 0 amide bonds. The second kappa shape index (κ2) is 4.84. The third-order valence-electron chi connectivity index (χ3n) is 3.83. The third kappa shape index (κ3) is 2.64. The minimum absolute atomic E-state index is 0.624. The lowest BCUT2D eigenvalue weighted by Crippen LogP contribution is -2.27. The van der Waals surface area contributed by atoms with Crippen LogP contribution in [0.1, 0.15) is 19.3 Å². The summed E-state index contributed by atoms with van der Waals surface area (Å²) in [5, 5.41) is 3.53. The number of nitrogens with zero attached hydrogens (tertiary/aromatic N) is 1. The summed E-state index contributed by atoms with van der Waals surface area (Å²) < 4.78 is 26.1.